The molecule has 104 valence electrons. The Labute approximate surface area is 110 Å². The van der Waals surface area contributed by atoms with Gasteiger partial charge in [0, 0.05) is 24.5 Å². The zero-order valence-electron chi connectivity index (χ0n) is 12.0. The summed E-state index contributed by atoms with van der Waals surface area (Å²) < 4.78 is 5.36. The summed E-state index contributed by atoms with van der Waals surface area (Å²) in [5, 5.41) is 0. The van der Waals surface area contributed by atoms with E-state index in [1.54, 1.807) is 0 Å². The number of rotatable bonds is 3. The van der Waals surface area contributed by atoms with Crippen molar-refractivity contribution < 1.29 is 9.53 Å². The Morgan fingerprint density at radius 1 is 1.50 bits per heavy atom. The molecule has 1 heterocycles. The van der Waals surface area contributed by atoms with Crippen LogP contribution in [0.3, 0.4) is 0 Å². The molecule has 1 amide bonds. The van der Waals surface area contributed by atoms with Crippen molar-refractivity contribution in [3.05, 3.63) is 0 Å². The van der Waals surface area contributed by atoms with Gasteiger partial charge in [-0.05, 0) is 52.9 Å². The van der Waals surface area contributed by atoms with E-state index in [2.05, 4.69) is 6.92 Å². The van der Waals surface area contributed by atoms with Crippen molar-refractivity contribution in [2.24, 2.45) is 17.1 Å². The molecule has 1 aliphatic carbocycles. The Hall–Kier alpha value is -0.770. The first-order valence-corrected chi connectivity index (χ1v) is 6.95. The van der Waals surface area contributed by atoms with Crippen LogP contribution in [0.4, 0.5) is 4.79 Å². The second-order valence-corrected chi connectivity index (χ2v) is 7.15. The second-order valence-electron chi connectivity index (χ2n) is 7.15. The van der Waals surface area contributed by atoms with Gasteiger partial charge in [-0.3, -0.25) is 0 Å². The molecule has 4 heteroatoms. The van der Waals surface area contributed by atoms with Crippen LogP contribution in [-0.2, 0) is 4.74 Å². The molecule has 2 aliphatic rings. The van der Waals surface area contributed by atoms with Crippen molar-refractivity contribution in [2.45, 2.75) is 58.6 Å². The van der Waals surface area contributed by atoms with E-state index in [1.807, 2.05) is 25.7 Å². The minimum Gasteiger partial charge on any atom is -0.444 e. The topological polar surface area (TPSA) is 55.6 Å². The van der Waals surface area contributed by atoms with Gasteiger partial charge in [0.15, 0.2) is 0 Å². The molecule has 2 N–H and O–H groups in total. The number of carbonyl (C=O) groups excluding carboxylic acids is 1. The molecule has 2 atom stereocenters. The number of amides is 1. The van der Waals surface area contributed by atoms with E-state index in [0.29, 0.717) is 11.5 Å². The number of likely N-dealkylation sites (tertiary alicyclic amines) is 1. The van der Waals surface area contributed by atoms with Crippen LogP contribution in [0.25, 0.3) is 0 Å². The summed E-state index contributed by atoms with van der Waals surface area (Å²) in [5.74, 6) is 0.780. The van der Waals surface area contributed by atoms with Gasteiger partial charge >= 0.3 is 6.09 Å². The molecule has 0 aromatic heterocycles. The average Bonchev–Trinajstić information content (AvgIpc) is 2.83. The van der Waals surface area contributed by atoms with Crippen molar-refractivity contribution in [2.75, 3.05) is 13.1 Å². The van der Waals surface area contributed by atoms with E-state index in [9.17, 15) is 4.79 Å². The first-order chi connectivity index (χ1) is 8.22. The minimum absolute atomic E-state index is 0.161. The molecule has 1 aliphatic heterocycles. The Bertz CT molecular complexity index is 327. The highest BCUT2D eigenvalue weighted by Gasteiger charge is 2.62. The molecule has 1 saturated heterocycles. The summed E-state index contributed by atoms with van der Waals surface area (Å²) >= 11 is 0. The Morgan fingerprint density at radius 3 is 2.61 bits per heavy atom. The molecule has 1 spiro atoms. The monoisotopic (exact) mass is 254 g/mol. The van der Waals surface area contributed by atoms with Crippen LogP contribution in [0.15, 0.2) is 0 Å². The summed E-state index contributed by atoms with van der Waals surface area (Å²) in [4.78, 5) is 13.6. The molecule has 0 bridgehead atoms. The quantitative estimate of drug-likeness (QED) is 0.841. The molecular formula is C14H26N2O2. The molecule has 0 aromatic carbocycles. The lowest BCUT2D eigenvalue weighted by molar-refractivity contribution is -0.00956. The van der Waals surface area contributed by atoms with E-state index >= 15 is 0 Å². The maximum absolute atomic E-state index is 11.8. The van der Waals surface area contributed by atoms with Crippen LogP contribution in [0.1, 0.15) is 47.0 Å². The van der Waals surface area contributed by atoms with Crippen LogP contribution in [0.2, 0.25) is 0 Å². The predicted octanol–water partition coefficient (Wildman–Crippen LogP) is 2.37. The van der Waals surface area contributed by atoms with Gasteiger partial charge < -0.3 is 15.4 Å². The third-order valence-corrected chi connectivity index (χ3v) is 3.99. The maximum Gasteiger partial charge on any atom is 0.410 e. The fraction of sp³-hybridized carbons (Fsp3) is 0.929. The average molecular weight is 254 g/mol. The molecule has 2 unspecified atom stereocenters. The SMILES string of the molecule is CC(N)CCC1CC12CN(C(=O)OC(C)(C)C)C2. The highest BCUT2D eigenvalue weighted by molar-refractivity contribution is 5.69. The highest BCUT2D eigenvalue weighted by atomic mass is 16.6. The van der Waals surface area contributed by atoms with Gasteiger partial charge in [0.1, 0.15) is 5.60 Å². The fourth-order valence-electron chi connectivity index (χ4n) is 2.86. The number of hydrogen-bond donors (Lipinski definition) is 1. The van der Waals surface area contributed by atoms with Gasteiger partial charge in [-0.15, -0.1) is 0 Å². The predicted molar refractivity (Wildman–Crippen MR) is 71.2 cm³/mol. The Morgan fingerprint density at radius 2 is 2.11 bits per heavy atom. The zero-order valence-corrected chi connectivity index (χ0v) is 12.0. The van der Waals surface area contributed by atoms with Crippen LogP contribution in [0.5, 0.6) is 0 Å². The third kappa shape index (κ3) is 2.97. The molecule has 4 nitrogen and oxygen atoms in total. The van der Waals surface area contributed by atoms with Crippen molar-refractivity contribution in [1.29, 1.82) is 0 Å². The lowest BCUT2D eigenvalue weighted by Crippen LogP contribution is -2.53. The summed E-state index contributed by atoms with van der Waals surface area (Å²) in [5.41, 5.74) is 5.81. The third-order valence-electron chi connectivity index (χ3n) is 3.99. The van der Waals surface area contributed by atoms with Gasteiger partial charge in [-0.1, -0.05) is 0 Å². The molecule has 0 aromatic rings. The second kappa shape index (κ2) is 4.41. The summed E-state index contributed by atoms with van der Waals surface area (Å²) in [6.45, 7) is 9.54. The lowest BCUT2D eigenvalue weighted by Gasteiger charge is -2.41. The Kier molecular flexibility index (Phi) is 3.34. The fourth-order valence-corrected chi connectivity index (χ4v) is 2.86. The van der Waals surface area contributed by atoms with E-state index in [1.165, 1.54) is 12.8 Å². The smallest absolute Gasteiger partial charge is 0.410 e. The number of ether oxygens (including phenoxy) is 1. The van der Waals surface area contributed by atoms with Gasteiger partial charge in [0.25, 0.3) is 0 Å². The first kappa shape index (κ1) is 13.7. The molecule has 18 heavy (non-hydrogen) atoms. The summed E-state index contributed by atoms with van der Waals surface area (Å²) in [6, 6.07) is 0.296. The lowest BCUT2D eigenvalue weighted by atomic mass is 9.92. The molecule has 0 radical (unpaired) electrons. The molecule has 2 rings (SSSR count). The Balaban J connectivity index is 1.70. The van der Waals surface area contributed by atoms with Gasteiger partial charge in [-0.2, -0.15) is 0 Å². The van der Waals surface area contributed by atoms with Crippen LogP contribution in [-0.4, -0.2) is 35.7 Å². The first-order valence-electron chi connectivity index (χ1n) is 6.95. The van der Waals surface area contributed by atoms with E-state index in [-0.39, 0.29) is 6.09 Å². The number of hydrogen-bond acceptors (Lipinski definition) is 3. The van der Waals surface area contributed by atoms with Crippen molar-refractivity contribution in [3.8, 4) is 0 Å². The van der Waals surface area contributed by atoms with Crippen molar-refractivity contribution >= 4 is 6.09 Å². The highest BCUT2D eigenvalue weighted by Crippen LogP contribution is 2.60. The largest absolute Gasteiger partial charge is 0.444 e. The number of carbonyl (C=O) groups is 1. The summed E-state index contributed by atoms with van der Waals surface area (Å²) in [7, 11) is 0. The van der Waals surface area contributed by atoms with Gasteiger partial charge in [0.2, 0.25) is 0 Å². The zero-order chi connectivity index (χ0) is 13.6. The normalized spacial score (nSPS) is 26.7. The van der Waals surface area contributed by atoms with Crippen LogP contribution >= 0.6 is 0 Å². The van der Waals surface area contributed by atoms with E-state index in [0.717, 1.165) is 25.4 Å². The molecular weight excluding hydrogens is 228 g/mol. The molecule has 1 saturated carbocycles. The maximum atomic E-state index is 11.8. The van der Waals surface area contributed by atoms with Gasteiger partial charge in [-0.25, -0.2) is 4.79 Å². The van der Waals surface area contributed by atoms with Crippen molar-refractivity contribution in [3.63, 3.8) is 0 Å². The minimum atomic E-state index is -0.391. The van der Waals surface area contributed by atoms with Crippen LogP contribution < -0.4 is 5.73 Å². The standard InChI is InChI=1S/C14H26N2O2/c1-10(15)5-6-11-7-14(11)8-16(9-14)12(17)18-13(2,3)4/h10-11H,5-9,15H2,1-4H3. The van der Waals surface area contributed by atoms with E-state index < -0.39 is 5.60 Å². The van der Waals surface area contributed by atoms with Gasteiger partial charge in [0.05, 0.1) is 0 Å². The van der Waals surface area contributed by atoms with Crippen LogP contribution in [0, 0.1) is 11.3 Å². The van der Waals surface area contributed by atoms with E-state index in [4.69, 9.17) is 10.5 Å². The van der Waals surface area contributed by atoms with Crippen molar-refractivity contribution in [1.82, 2.24) is 4.90 Å². The number of nitrogens with two attached hydrogens (primary N) is 1. The number of nitrogens with zero attached hydrogens (tertiary/aromatic N) is 1. The summed E-state index contributed by atoms with van der Waals surface area (Å²) in [6.07, 6.45) is 3.41. The molecule has 2 fully saturated rings.